The molecule has 3 rings (SSSR count). The van der Waals surface area contributed by atoms with E-state index in [4.69, 9.17) is 11.6 Å². The van der Waals surface area contributed by atoms with Gasteiger partial charge < -0.3 is 0 Å². The molecule has 0 aliphatic carbocycles. The van der Waals surface area contributed by atoms with E-state index in [0.717, 1.165) is 21.5 Å². The third-order valence-electron chi connectivity index (χ3n) is 2.82. The molecule has 18 heavy (non-hydrogen) atoms. The fourth-order valence-corrected chi connectivity index (χ4v) is 2.67. The molecule has 0 radical (unpaired) electrons. The molecule has 0 aliphatic rings. The molecule has 0 unspecified atom stereocenters. The number of halogens is 2. The van der Waals surface area contributed by atoms with E-state index in [-0.39, 0.29) is 0 Å². The number of benzene rings is 1. The van der Waals surface area contributed by atoms with Crippen LogP contribution in [0.1, 0.15) is 5.56 Å². The van der Waals surface area contributed by atoms with Crippen molar-refractivity contribution in [1.29, 1.82) is 0 Å². The molecule has 2 nitrogen and oxygen atoms in total. The van der Waals surface area contributed by atoms with Crippen molar-refractivity contribution in [2.45, 2.75) is 6.92 Å². The van der Waals surface area contributed by atoms with Crippen LogP contribution in [0, 0.1) is 6.92 Å². The third-order valence-corrected chi connectivity index (χ3v) is 3.64. The third kappa shape index (κ3) is 1.93. The molecule has 0 bridgehead atoms. The van der Waals surface area contributed by atoms with Crippen molar-refractivity contribution in [2.24, 2.45) is 0 Å². The summed E-state index contributed by atoms with van der Waals surface area (Å²) in [6.07, 6.45) is 2.07. The standard InChI is InChI=1S/C14H10BrClN2/c1-9-5-6-12-13(15)17-14(18(12)8-9)10-3-2-4-11(16)7-10/h2-8H,1H3. The molecular formula is C14H10BrClN2. The highest BCUT2D eigenvalue weighted by Crippen LogP contribution is 2.27. The lowest BCUT2D eigenvalue weighted by molar-refractivity contribution is 1.14. The maximum atomic E-state index is 6.04. The van der Waals surface area contributed by atoms with Gasteiger partial charge in [-0.1, -0.05) is 29.8 Å². The second-order valence-corrected chi connectivity index (χ2v) is 5.39. The number of hydrogen-bond acceptors (Lipinski definition) is 1. The van der Waals surface area contributed by atoms with Crippen molar-refractivity contribution in [1.82, 2.24) is 9.38 Å². The Labute approximate surface area is 118 Å². The van der Waals surface area contributed by atoms with Crippen LogP contribution in [0.3, 0.4) is 0 Å². The minimum absolute atomic E-state index is 0.716. The van der Waals surface area contributed by atoms with Gasteiger partial charge in [0.25, 0.3) is 0 Å². The van der Waals surface area contributed by atoms with Gasteiger partial charge in [0.05, 0.1) is 5.52 Å². The van der Waals surface area contributed by atoms with Crippen LogP contribution >= 0.6 is 27.5 Å². The Morgan fingerprint density at radius 2 is 2.06 bits per heavy atom. The maximum Gasteiger partial charge on any atom is 0.145 e. The Bertz CT molecular complexity index is 734. The fraction of sp³-hybridized carbons (Fsp3) is 0.0714. The Morgan fingerprint density at radius 1 is 1.22 bits per heavy atom. The van der Waals surface area contributed by atoms with Gasteiger partial charge in [-0.3, -0.25) is 4.40 Å². The molecule has 0 aliphatic heterocycles. The minimum Gasteiger partial charge on any atom is -0.298 e. The Morgan fingerprint density at radius 3 is 2.83 bits per heavy atom. The fourth-order valence-electron chi connectivity index (χ4n) is 1.99. The molecule has 0 N–H and O–H groups in total. The van der Waals surface area contributed by atoms with Crippen LogP contribution in [-0.4, -0.2) is 9.38 Å². The van der Waals surface area contributed by atoms with Gasteiger partial charge in [0.15, 0.2) is 0 Å². The smallest absolute Gasteiger partial charge is 0.145 e. The van der Waals surface area contributed by atoms with E-state index in [1.807, 2.05) is 24.3 Å². The number of pyridine rings is 1. The van der Waals surface area contributed by atoms with Gasteiger partial charge in [0, 0.05) is 16.8 Å². The number of aryl methyl sites for hydroxylation is 1. The Balaban J connectivity index is 2.32. The number of fused-ring (bicyclic) bond motifs is 1. The monoisotopic (exact) mass is 320 g/mol. The lowest BCUT2D eigenvalue weighted by atomic mass is 10.2. The van der Waals surface area contributed by atoms with Gasteiger partial charge in [-0.05, 0) is 46.6 Å². The van der Waals surface area contributed by atoms with E-state index in [9.17, 15) is 0 Å². The molecule has 2 aromatic heterocycles. The molecular weight excluding hydrogens is 312 g/mol. The van der Waals surface area contributed by atoms with E-state index in [2.05, 4.69) is 50.6 Å². The number of imidazole rings is 1. The number of rotatable bonds is 1. The van der Waals surface area contributed by atoms with Crippen molar-refractivity contribution in [3.63, 3.8) is 0 Å². The largest absolute Gasteiger partial charge is 0.298 e. The zero-order chi connectivity index (χ0) is 12.7. The zero-order valence-electron chi connectivity index (χ0n) is 9.69. The van der Waals surface area contributed by atoms with Gasteiger partial charge >= 0.3 is 0 Å². The minimum atomic E-state index is 0.716. The summed E-state index contributed by atoms with van der Waals surface area (Å²) in [5.74, 6) is 0.892. The predicted molar refractivity (Wildman–Crippen MR) is 78.1 cm³/mol. The number of nitrogens with zero attached hydrogens (tertiary/aromatic N) is 2. The first-order chi connectivity index (χ1) is 8.65. The van der Waals surface area contributed by atoms with Crippen molar-refractivity contribution < 1.29 is 0 Å². The molecule has 4 heteroatoms. The summed E-state index contributed by atoms with van der Waals surface area (Å²) in [4.78, 5) is 4.56. The summed E-state index contributed by atoms with van der Waals surface area (Å²) in [7, 11) is 0. The topological polar surface area (TPSA) is 17.3 Å². The summed E-state index contributed by atoms with van der Waals surface area (Å²) in [6, 6.07) is 11.9. The maximum absolute atomic E-state index is 6.04. The Hall–Kier alpha value is -1.32. The molecule has 2 heterocycles. The average Bonchev–Trinajstić information content (AvgIpc) is 2.66. The van der Waals surface area contributed by atoms with Gasteiger partial charge in [-0.2, -0.15) is 0 Å². The summed E-state index contributed by atoms with van der Waals surface area (Å²) in [5, 5.41) is 0.716. The summed E-state index contributed by atoms with van der Waals surface area (Å²) in [6.45, 7) is 2.06. The summed E-state index contributed by atoms with van der Waals surface area (Å²) >= 11 is 9.53. The summed E-state index contributed by atoms with van der Waals surface area (Å²) < 4.78 is 2.92. The van der Waals surface area contributed by atoms with Crippen molar-refractivity contribution in [3.8, 4) is 11.4 Å². The van der Waals surface area contributed by atoms with Crippen LogP contribution in [0.5, 0.6) is 0 Å². The van der Waals surface area contributed by atoms with Crippen LogP contribution in [0.15, 0.2) is 47.2 Å². The highest BCUT2D eigenvalue weighted by molar-refractivity contribution is 9.10. The second-order valence-electron chi connectivity index (χ2n) is 4.20. The van der Waals surface area contributed by atoms with E-state index in [1.165, 1.54) is 5.56 Å². The molecule has 0 atom stereocenters. The number of hydrogen-bond donors (Lipinski definition) is 0. The molecule has 0 spiro atoms. The normalized spacial score (nSPS) is 11.1. The van der Waals surface area contributed by atoms with Gasteiger partial charge in [0.1, 0.15) is 10.4 Å². The first-order valence-electron chi connectivity index (χ1n) is 5.55. The SMILES string of the molecule is Cc1ccc2c(Br)nc(-c3cccc(Cl)c3)n2c1. The van der Waals surface area contributed by atoms with Crippen LogP contribution in [-0.2, 0) is 0 Å². The van der Waals surface area contributed by atoms with E-state index in [0.29, 0.717) is 5.02 Å². The van der Waals surface area contributed by atoms with Crippen LogP contribution < -0.4 is 0 Å². The molecule has 90 valence electrons. The van der Waals surface area contributed by atoms with Crippen LogP contribution in [0.4, 0.5) is 0 Å². The zero-order valence-corrected chi connectivity index (χ0v) is 12.0. The molecule has 1 aromatic carbocycles. The van der Waals surface area contributed by atoms with Crippen LogP contribution in [0.2, 0.25) is 5.02 Å². The first-order valence-corrected chi connectivity index (χ1v) is 6.72. The predicted octanol–water partition coefficient (Wildman–Crippen LogP) is 4.73. The van der Waals surface area contributed by atoms with E-state index in [1.54, 1.807) is 0 Å². The molecule has 0 saturated carbocycles. The van der Waals surface area contributed by atoms with Crippen LogP contribution in [0.25, 0.3) is 16.9 Å². The molecule has 0 fully saturated rings. The lowest BCUT2D eigenvalue weighted by Crippen LogP contribution is -1.90. The van der Waals surface area contributed by atoms with Crippen molar-refractivity contribution in [3.05, 3.63) is 57.8 Å². The highest BCUT2D eigenvalue weighted by atomic mass is 79.9. The first kappa shape index (κ1) is 11.8. The molecule has 3 aromatic rings. The number of aromatic nitrogens is 2. The van der Waals surface area contributed by atoms with E-state index < -0.39 is 0 Å². The molecule has 0 amide bonds. The summed E-state index contributed by atoms with van der Waals surface area (Å²) in [5.41, 5.74) is 3.25. The van der Waals surface area contributed by atoms with E-state index >= 15 is 0 Å². The lowest BCUT2D eigenvalue weighted by Gasteiger charge is -2.02. The van der Waals surface area contributed by atoms with Gasteiger partial charge in [0.2, 0.25) is 0 Å². The van der Waals surface area contributed by atoms with Crippen molar-refractivity contribution in [2.75, 3.05) is 0 Å². The highest BCUT2D eigenvalue weighted by Gasteiger charge is 2.11. The quantitative estimate of drug-likeness (QED) is 0.633. The Kier molecular flexibility index (Phi) is 2.88. The van der Waals surface area contributed by atoms with Gasteiger partial charge in [-0.25, -0.2) is 4.98 Å². The van der Waals surface area contributed by atoms with Crippen molar-refractivity contribution >= 4 is 33.0 Å². The van der Waals surface area contributed by atoms with Gasteiger partial charge in [-0.15, -0.1) is 0 Å². The second kappa shape index (κ2) is 4.41. The average molecular weight is 322 g/mol. The molecule has 0 saturated heterocycles.